The number of methoxy groups -OCH3 is 1. The summed E-state index contributed by atoms with van der Waals surface area (Å²) in [5.74, 6) is 1.89. The molecule has 18 heavy (non-hydrogen) atoms. The molecule has 4 heteroatoms. The summed E-state index contributed by atoms with van der Waals surface area (Å²) in [4.78, 5) is 1.24. The van der Waals surface area contributed by atoms with Crippen molar-refractivity contribution in [2.75, 3.05) is 26.0 Å². The summed E-state index contributed by atoms with van der Waals surface area (Å²) in [6, 6.07) is 8.30. The van der Waals surface area contributed by atoms with Gasteiger partial charge in [-0.1, -0.05) is 6.92 Å². The highest BCUT2D eigenvalue weighted by molar-refractivity contribution is 7.99. The topological polar surface area (TPSA) is 41.5 Å². The quantitative estimate of drug-likeness (QED) is 0.676. The molecule has 0 aromatic heterocycles. The highest BCUT2D eigenvalue weighted by Crippen LogP contribution is 2.22. The van der Waals surface area contributed by atoms with Crippen LogP contribution in [0.5, 0.6) is 5.75 Å². The van der Waals surface area contributed by atoms with Crippen molar-refractivity contribution in [1.29, 1.82) is 0 Å². The highest BCUT2D eigenvalue weighted by atomic mass is 32.2. The third-order valence-electron chi connectivity index (χ3n) is 2.70. The molecule has 0 heterocycles. The monoisotopic (exact) mass is 269 g/mol. The van der Waals surface area contributed by atoms with Crippen LogP contribution in [0.25, 0.3) is 0 Å². The molecule has 0 aliphatic heterocycles. The van der Waals surface area contributed by atoms with E-state index in [4.69, 9.17) is 4.74 Å². The Morgan fingerprint density at radius 2 is 2.06 bits per heavy atom. The Labute approximate surface area is 114 Å². The Bertz CT molecular complexity index is 316. The van der Waals surface area contributed by atoms with E-state index in [0.717, 1.165) is 30.9 Å². The van der Waals surface area contributed by atoms with Gasteiger partial charge in [0.1, 0.15) is 5.75 Å². The lowest BCUT2D eigenvalue weighted by molar-refractivity contribution is 0.240. The van der Waals surface area contributed by atoms with Gasteiger partial charge in [-0.3, -0.25) is 0 Å². The summed E-state index contributed by atoms with van der Waals surface area (Å²) in [5.41, 5.74) is 0. The molecular weight excluding hydrogens is 246 g/mol. The number of ether oxygens (including phenoxy) is 1. The predicted octanol–water partition coefficient (Wildman–Crippen LogP) is 2.54. The van der Waals surface area contributed by atoms with Crippen molar-refractivity contribution in [3.63, 3.8) is 0 Å². The van der Waals surface area contributed by atoms with E-state index in [1.165, 1.54) is 4.90 Å². The van der Waals surface area contributed by atoms with Gasteiger partial charge in [-0.2, -0.15) is 0 Å². The van der Waals surface area contributed by atoms with E-state index in [2.05, 4.69) is 24.4 Å². The molecule has 0 aliphatic rings. The molecular formula is C14H23NO2S. The molecule has 1 atom stereocenters. The molecule has 102 valence electrons. The SMILES string of the molecule is CCCNC(CO)CCSc1ccc(OC)cc1. The summed E-state index contributed by atoms with van der Waals surface area (Å²) in [5, 5.41) is 12.6. The summed E-state index contributed by atoms with van der Waals surface area (Å²) in [6.45, 7) is 3.31. The normalized spacial score (nSPS) is 12.4. The van der Waals surface area contributed by atoms with Crippen molar-refractivity contribution in [3.05, 3.63) is 24.3 Å². The zero-order valence-electron chi connectivity index (χ0n) is 11.2. The lowest BCUT2D eigenvalue weighted by atomic mass is 10.2. The minimum absolute atomic E-state index is 0.211. The van der Waals surface area contributed by atoms with E-state index in [9.17, 15) is 5.11 Å². The van der Waals surface area contributed by atoms with Crippen molar-refractivity contribution < 1.29 is 9.84 Å². The van der Waals surface area contributed by atoms with Crippen molar-refractivity contribution in [1.82, 2.24) is 5.32 Å². The van der Waals surface area contributed by atoms with Gasteiger partial charge in [-0.15, -0.1) is 11.8 Å². The molecule has 3 nitrogen and oxygen atoms in total. The van der Waals surface area contributed by atoms with Crippen molar-refractivity contribution in [2.45, 2.75) is 30.7 Å². The smallest absolute Gasteiger partial charge is 0.118 e. The van der Waals surface area contributed by atoms with Crippen LogP contribution >= 0.6 is 11.8 Å². The lowest BCUT2D eigenvalue weighted by Crippen LogP contribution is -2.33. The van der Waals surface area contributed by atoms with Crippen LogP contribution in [0.1, 0.15) is 19.8 Å². The Kier molecular flexibility index (Phi) is 7.89. The van der Waals surface area contributed by atoms with Crippen molar-refractivity contribution in [2.24, 2.45) is 0 Å². The van der Waals surface area contributed by atoms with Gasteiger partial charge in [-0.25, -0.2) is 0 Å². The molecule has 1 aromatic rings. The van der Waals surface area contributed by atoms with E-state index in [-0.39, 0.29) is 12.6 Å². The van der Waals surface area contributed by atoms with Crippen LogP contribution in [0.15, 0.2) is 29.2 Å². The average molecular weight is 269 g/mol. The number of hydrogen-bond acceptors (Lipinski definition) is 4. The van der Waals surface area contributed by atoms with Gasteiger partial charge < -0.3 is 15.2 Å². The van der Waals surface area contributed by atoms with Gasteiger partial charge >= 0.3 is 0 Å². The summed E-state index contributed by atoms with van der Waals surface area (Å²) in [7, 11) is 1.67. The van der Waals surface area contributed by atoms with Crippen LogP contribution in [-0.2, 0) is 0 Å². The largest absolute Gasteiger partial charge is 0.497 e. The van der Waals surface area contributed by atoms with Gasteiger partial charge in [0, 0.05) is 10.9 Å². The maximum Gasteiger partial charge on any atom is 0.118 e. The van der Waals surface area contributed by atoms with Gasteiger partial charge in [-0.05, 0) is 49.4 Å². The number of hydrogen-bond donors (Lipinski definition) is 2. The first-order chi connectivity index (χ1) is 8.80. The Hall–Kier alpha value is -0.710. The maximum atomic E-state index is 9.23. The zero-order valence-corrected chi connectivity index (χ0v) is 12.0. The third-order valence-corrected chi connectivity index (χ3v) is 3.74. The highest BCUT2D eigenvalue weighted by Gasteiger charge is 2.05. The molecule has 0 saturated heterocycles. The summed E-state index contributed by atoms with van der Waals surface area (Å²) >= 11 is 1.81. The summed E-state index contributed by atoms with van der Waals surface area (Å²) < 4.78 is 5.12. The molecule has 1 rings (SSSR count). The van der Waals surface area contributed by atoms with E-state index in [1.54, 1.807) is 7.11 Å². The van der Waals surface area contributed by atoms with Crippen LogP contribution in [0.3, 0.4) is 0 Å². The van der Waals surface area contributed by atoms with Gasteiger partial charge in [0.2, 0.25) is 0 Å². The Morgan fingerprint density at radius 3 is 2.61 bits per heavy atom. The first-order valence-corrected chi connectivity index (χ1v) is 7.39. The van der Waals surface area contributed by atoms with E-state index in [1.807, 2.05) is 23.9 Å². The van der Waals surface area contributed by atoms with Crippen molar-refractivity contribution in [3.8, 4) is 5.75 Å². The second kappa shape index (κ2) is 9.25. The molecule has 0 spiro atoms. The maximum absolute atomic E-state index is 9.23. The minimum Gasteiger partial charge on any atom is -0.497 e. The fourth-order valence-corrected chi connectivity index (χ4v) is 2.56. The molecule has 1 unspecified atom stereocenters. The second-order valence-electron chi connectivity index (χ2n) is 4.15. The molecule has 0 saturated carbocycles. The van der Waals surface area contributed by atoms with E-state index < -0.39 is 0 Å². The van der Waals surface area contributed by atoms with E-state index >= 15 is 0 Å². The van der Waals surface area contributed by atoms with E-state index in [0.29, 0.717) is 0 Å². The fraction of sp³-hybridized carbons (Fsp3) is 0.571. The fourth-order valence-electron chi connectivity index (χ4n) is 1.60. The zero-order chi connectivity index (χ0) is 13.2. The van der Waals surface area contributed by atoms with Crippen LogP contribution < -0.4 is 10.1 Å². The Morgan fingerprint density at radius 1 is 1.33 bits per heavy atom. The lowest BCUT2D eigenvalue weighted by Gasteiger charge is -2.15. The standard InChI is InChI=1S/C14H23NO2S/c1-3-9-15-12(11-16)8-10-18-14-6-4-13(17-2)5-7-14/h4-7,12,15-16H,3,8-11H2,1-2H3. The van der Waals surface area contributed by atoms with Crippen LogP contribution in [0.2, 0.25) is 0 Å². The first-order valence-electron chi connectivity index (χ1n) is 6.41. The van der Waals surface area contributed by atoms with Crippen LogP contribution in [-0.4, -0.2) is 37.2 Å². The summed E-state index contributed by atoms with van der Waals surface area (Å²) in [6.07, 6.45) is 2.08. The minimum atomic E-state index is 0.211. The van der Waals surface area contributed by atoms with Gasteiger partial charge in [0.15, 0.2) is 0 Å². The van der Waals surface area contributed by atoms with Crippen LogP contribution in [0, 0.1) is 0 Å². The first kappa shape index (κ1) is 15.3. The molecule has 1 aromatic carbocycles. The number of aliphatic hydroxyl groups is 1. The van der Waals surface area contributed by atoms with Gasteiger partial charge in [0.25, 0.3) is 0 Å². The molecule has 0 aliphatic carbocycles. The predicted molar refractivity (Wildman–Crippen MR) is 77.5 cm³/mol. The molecule has 0 bridgehead atoms. The molecule has 2 N–H and O–H groups in total. The average Bonchev–Trinajstić information content (AvgIpc) is 2.43. The number of rotatable bonds is 9. The number of nitrogens with one attached hydrogen (secondary N) is 1. The molecule has 0 radical (unpaired) electrons. The van der Waals surface area contributed by atoms with Crippen molar-refractivity contribution >= 4 is 11.8 Å². The number of thioether (sulfide) groups is 1. The van der Waals surface area contributed by atoms with Crippen LogP contribution in [0.4, 0.5) is 0 Å². The van der Waals surface area contributed by atoms with Gasteiger partial charge in [0.05, 0.1) is 13.7 Å². The third kappa shape index (κ3) is 5.76. The number of aliphatic hydroxyl groups excluding tert-OH is 1. The second-order valence-corrected chi connectivity index (χ2v) is 5.31. The number of benzene rings is 1. The molecule has 0 fully saturated rings. The molecule has 0 amide bonds. The Balaban J connectivity index is 2.26.